The van der Waals surface area contributed by atoms with Crippen molar-refractivity contribution < 1.29 is 5.11 Å². The molecular weight excluding hydrogens is 376 g/mol. The molecule has 3 heterocycles. The minimum atomic E-state index is -0.0399. The Morgan fingerprint density at radius 1 is 1.13 bits per heavy atom. The highest BCUT2D eigenvalue weighted by Gasteiger charge is 2.17. The second kappa shape index (κ2) is 8.92. The molecular formula is C23H26N6O. The number of aliphatic imine (C=N–C) groups is 1. The molecule has 0 fully saturated rings. The minimum absolute atomic E-state index is 0.0399. The van der Waals surface area contributed by atoms with Gasteiger partial charge in [0.1, 0.15) is 5.69 Å². The fourth-order valence-electron chi connectivity index (χ4n) is 3.47. The number of nitrogens with zero attached hydrogens (tertiary/aromatic N) is 4. The SMILES string of the molecule is CCN(CC)CCNc1nc(O)c(C=C2C=Nc3ncc(-c4ccccc4)cc32)[nH]1. The molecule has 2 aromatic heterocycles. The molecule has 0 spiro atoms. The van der Waals surface area contributed by atoms with Gasteiger partial charge in [-0.25, -0.2) is 9.98 Å². The number of hydrogen-bond donors (Lipinski definition) is 3. The van der Waals surface area contributed by atoms with E-state index in [4.69, 9.17) is 0 Å². The number of fused-ring (bicyclic) bond motifs is 1. The van der Waals surface area contributed by atoms with Crippen LogP contribution in [0.4, 0.5) is 11.8 Å². The molecule has 4 rings (SSSR count). The molecule has 7 heteroatoms. The lowest BCUT2D eigenvalue weighted by molar-refractivity contribution is 0.316. The van der Waals surface area contributed by atoms with Crippen molar-refractivity contribution in [3.8, 4) is 17.0 Å². The van der Waals surface area contributed by atoms with Gasteiger partial charge in [-0.05, 0) is 30.8 Å². The summed E-state index contributed by atoms with van der Waals surface area (Å²) >= 11 is 0. The predicted octanol–water partition coefficient (Wildman–Crippen LogP) is 4.19. The third kappa shape index (κ3) is 4.26. The molecule has 0 amide bonds. The lowest BCUT2D eigenvalue weighted by Crippen LogP contribution is -2.28. The zero-order chi connectivity index (χ0) is 20.9. The molecule has 0 bridgehead atoms. The second-order valence-electron chi connectivity index (χ2n) is 7.10. The highest BCUT2D eigenvalue weighted by Crippen LogP contribution is 2.34. The van der Waals surface area contributed by atoms with Crippen molar-refractivity contribution in [2.75, 3.05) is 31.5 Å². The van der Waals surface area contributed by atoms with Gasteiger partial charge in [-0.3, -0.25) is 0 Å². The minimum Gasteiger partial charge on any atom is -0.492 e. The van der Waals surface area contributed by atoms with Crippen LogP contribution in [0.15, 0.2) is 47.6 Å². The van der Waals surface area contributed by atoms with Gasteiger partial charge in [-0.1, -0.05) is 44.2 Å². The van der Waals surface area contributed by atoms with Crippen LogP contribution in [-0.4, -0.2) is 57.4 Å². The van der Waals surface area contributed by atoms with Gasteiger partial charge in [0, 0.05) is 42.2 Å². The molecule has 0 saturated carbocycles. The third-order valence-corrected chi connectivity index (χ3v) is 5.24. The van der Waals surface area contributed by atoms with Crippen LogP contribution in [-0.2, 0) is 0 Å². The number of likely N-dealkylation sites (N-methyl/N-ethyl adjacent to an activating group) is 1. The van der Waals surface area contributed by atoms with Gasteiger partial charge in [0.15, 0.2) is 5.82 Å². The summed E-state index contributed by atoms with van der Waals surface area (Å²) in [5.41, 5.74) is 4.48. The molecule has 0 radical (unpaired) electrons. The molecule has 0 atom stereocenters. The summed E-state index contributed by atoms with van der Waals surface area (Å²) in [4.78, 5) is 18.5. The fraction of sp³-hybridized carbons (Fsp3) is 0.261. The molecule has 1 aliphatic rings. The molecule has 3 aromatic rings. The number of pyridine rings is 1. The van der Waals surface area contributed by atoms with Crippen molar-refractivity contribution >= 4 is 29.6 Å². The largest absolute Gasteiger partial charge is 0.492 e. The molecule has 7 nitrogen and oxygen atoms in total. The number of hydrogen-bond acceptors (Lipinski definition) is 6. The third-order valence-electron chi connectivity index (χ3n) is 5.24. The summed E-state index contributed by atoms with van der Waals surface area (Å²) in [6.45, 7) is 7.97. The first-order valence-electron chi connectivity index (χ1n) is 10.2. The van der Waals surface area contributed by atoms with Crippen LogP contribution < -0.4 is 5.32 Å². The number of benzene rings is 1. The normalized spacial score (nSPS) is 13.9. The zero-order valence-corrected chi connectivity index (χ0v) is 17.3. The molecule has 1 aliphatic heterocycles. The van der Waals surface area contributed by atoms with E-state index >= 15 is 0 Å². The van der Waals surface area contributed by atoms with Gasteiger partial charge >= 0.3 is 0 Å². The highest BCUT2D eigenvalue weighted by molar-refractivity contribution is 6.21. The van der Waals surface area contributed by atoms with Crippen LogP contribution in [0.2, 0.25) is 0 Å². The number of aromatic nitrogens is 3. The van der Waals surface area contributed by atoms with Gasteiger partial charge in [0.05, 0.1) is 0 Å². The van der Waals surface area contributed by atoms with E-state index in [1.807, 2.05) is 30.5 Å². The van der Waals surface area contributed by atoms with Crippen molar-refractivity contribution in [1.29, 1.82) is 0 Å². The van der Waals surface area contributed by atoms with Gasteiger partial charge in [-0.15, -0.1) is 0 Å². The van der Waals surface area contributed by atoms with E-state index in [0.29, 0.717) is 17.5 Å². The molecule has 3 N–H and O–H groups in total. The van der Waals surface area contributed by atoms with E-state index < -0.39 is 0 Å². The first-order valence-corrected chi connectivity index (χ1v) is 10.2. The van der Waals surface area contributed by atoms with Crippen molar-refractivity contribution in [3.05, 3.63) is 53.9 Å². The van der Waals surface area contributed by atoms with Crippen LogP contribution in [0, 0.1) is 0 Å². The van der Waals surface area contributed by atoms with Crippen LogP contribution >= 0.6 is 0 Å². The van der Waals surface area contributed by atoms with Crippen molar-refractivity contribution in [2.24, 2.45) is 4.99 Å². The highest BCUT2D eigenvalue weighted by atomic mass is 16.3. The van der Waals surface area contributed by atoms with Crippen LogP contribution in [0.3, 0.4) is 0 Å². The Kier molecular flexibility index (Phi) is 5.90. The Balaban J connectivity index is 1.53. The number of aromatic amines is 1. The van der Waals surface area contributed by atoms with Crippen molar-refractivity contribution in [1.82, 2.24) is 19.9 Å². The molecule has 0 saturated heterocycles. The van der Waals surface area contributed by atoms with E-state index in [0.717, 1.165) is 48.4 Å². The molecule has 1 aromatic carbocycles. The Labute approximate surface area is 176 Å². The van der Waals surface area contributed by atoms with Gasteiger partial charge < -0.3 is 20.3 Å². The van der Waals surface area contributed by atoms with Crippen LogP contribution in [0.5, 0.6) is 5.88 Å². The Morgan fingerprint density at radius 2 is 1.93 bits per heavy atom. The van der Waals surface area contributed by atoms with E-state index in [2.05, 4.69) is 62.2 Å². The summed E-state index contributed by atoms with van der Waals surface area (Å²) < 4.78 is 0. The summed E-state index contributed by atoms with van der Waals surface area (Å²) in [5, 5.41) is 13.5. The number of allylic oxidation sites excluding steroid dienone is 1. The second-order valence-corrected chi connectivity index (χ2v) is 7.10. The molecule has 0 aliphatic carbocycles. The number of aromatic hydroxyl groups is 1. The number of H-pyrrole nitrogens is 1. The smallest absolute Gasteiger partial charge is 0.238 e. The standard InChI is InChI=1S/C23H26N6O/c1-3-29(4-2)11-10-24-23-27-20(22(30)28-23)13-18-15-26-21-19(18)12-17(14-25-21)16-8-6-5-7-9-16/h5-9,12-15,30H,3-4,10-11H2,1-2H3,(H2,24,27,28). The van der Waals surface area contributed by atoms with Crippen LogP contribution in [0.1, 0.15) is 25.1 Å². The number of rotatable bonds is 8. The van der Waals surface area contributed by atoms with E-state index in [9.17, 15) is 5.11 Å². The predicted molar refractivity (Wildman–Crippen MR) is 122 cm³/mol. The maximum Gasteiger partial charge on any atom is 0.238 e. The Bertz CT molecular complexity index is 1070. The van der Waals surface area contributed by atoms with Gasteiger partial charge in [0.25, 0.3) is 0 Å². The van der Waals surface area contributed by atoms with Crippen molar-refractivity contribution in [3.63, 3.8) is 0 Å². The average Bonchev–Trinajstić information content (AvgIpc) is 3.34. The lowest BCUT2D eigenvalue weighted by Gasteiger charge is -2.17. The van der Waals surface area contributed by atoms with Crippen molar-refractivity contribution in [2.45, 2.75) is 13.8 Å². The maximum absolute atomic E-state index is 10.3. The lowest BCUT2D eigenvalue weighted by atomic mass is 10.0. The number of anilines is 1. The first-order chi connectivity index (χ1) is 14.7. The topological polar surface area (TPSA) is 89.4 Å². The van der Waals surface area contributed by atoms with E-state index in [1.165, 1.54) is 0 Å². The number of imidazole rings is 1. The summed E-state index contributed by atoms with van der Waals surface area (Å²) in [6.07, 6.45) is 5.45. The molecule has 0 unspecified atom stereocenters. The fourth-order valence-corrected chi connectivity index (χ4v) is 3.47. The van der Waals surface area contributed by atoms with Gasteiger partial charge in [0.2, 0.25) is 11.8 Å². The zero-order valence-electron chi connectivity index (χ0n) is 17.3. The average molecular weight is 403 g/mol. The quantitative estimate of drug-likeness (QED) is 0.526. The first kappa shape index (κ1) is 19.8. The monoisotopic (exact) mass is 402 g/mol. The molecule has 154 valence electrons. The Morgan fingerprint density at radius 3 is 2.70 bits per heavy atom. The van der Waals surface area contributed by atoms with Gasteiger partial charge in [-0.2, -0.15) is 4.98 Å². The summed E-state index contributed by atoms with van der Waals surface area (Å²) in [7, 11) is 0. The number of nitrogens with one attached hydrogen (secondary N) is 2. The van der Waals surface area contributed by atoms with E-state index in [1.54, 1.807) is 6.21 Å². The van der Waals surface area contributed by atoms with E-state index in [-0.39, 0.29) is 5.88 Å². The maximum atomic E-state index is 10.3. The molecule has 30 heavy (non-hydrogen) atoms. The Hall–Kier alpha value is -3.45. The van der Waals surface area contributed by atoms with Crippen LogP contribution in [0.25, 0.3) is 22.8 Å². The summed E-state index contributed by atoms with van der Waals surface area (Å²) in [5.74, 6) is 1.19. The summed E-state index contributed by atoms with van der Waals surface area (Å²) in [6, 6.07) is 12.2.